The first-order chi connectivity index (χ1) is 12.2. The van der Waals surface area contributed by atoms with Gasteiger partial charge in [-0.1, -0.05) is 0 Å². The Labute approximate surface area is 144 Å². The van der Waals surface area contributed by atoms with Gasteiger partial charge in [0.25, 0.3) is 11.8 Å². The molecule has 26 heavy (non-hydrogen) atoms. The standard InChI is InChI=1S/C15H12F3N5O3/c1-23(14(25)11-3-2-6-19-12(11)15(16,17)18)21-8-10-5-4-9(7-20-10)13(24)22-26/h2-8,26H,1H3,(H,22,24). The summed E-state index contributed by atoms with van der Waals surface area (Å²) >= 11 is 0. The summed E-state index contributed by atoms with van der Waals surface area (Å²) in [5, 5.41) is 12.9. The Morgan fingerprint density at radius 2 is 2.00 bits per heavy atom. The second-order valence-electron chi connectivity index (χ2n) is 4.88. The van der Waals surface area contributed by atoms with Crippen LogP contribution in [0.5, 0.6) is 0 Å². The lowest BCUT2D eigenvalue weighted by molar-refractivity contribution is -0.141. The zero-order valence-electron chi connectivity index (χ0n) is 13.2. The van der Waals surface area contributed by atoms with Crippen LogP contribution in [0.1, 0.15) is 32.1 Å². The molecule has 0 aliphatic carbocycles. The molecule has 2 aromatic rings. The monoisotopic (exact) mass is 367 g/mol. The molecule has 0 fully saturated rings. The number of amides is 2. The number of nitrogens with one attached hydrogen (secondary N) is 1. The predicted octanol–water partition coefficient (Wildman–Crippen LogP) is 1.72. The second kappa shape index (κ2) is 7.70. The van der Waals surface area contributed by atoms with Gasteiger partial charge in [-0.15, -0.1) is 0 Å². The van der Waals surface area contributed by atoms with Crippen LogP contribution in [0.15, 0.2) is 41.8 Å². The number of hydroxylamine groups is 1. The van der Waals surface area contributed by atoms with Crippen molar-refractivity contribution in [3.05, 3.63) is 59.2 Å². The van der Waals surface area contributed by atoms with E-state index in [1.54, 1.807) is 0 Å². The molecule has 0 radical (unpaired) electrons. The Bertz CT molecular complexity index is 837. The Morgan fingerprint density at radius 3 is 2.58 bits per heavy atom. The summed E-state index contributed by atoms with van der Waals surface area (Å²) < 4.78 is 38.8. The summed E-state index contributed by atoms with van der Waals surface area (Å²) in [7, 11) is 1.18. The van der Waals surface area contributed by atoms with Gasteiger partial charge in [-0.2, -0.15) is 18.3 Å². The molecule has 0 spiro atoms. The first-order valence-corrected chi connectivity index (χ1v) is 6.98. The molecule has 0 aliphatic rings. The third-order valence-corrected chi connectivity index (χ3v) is 3.11. The minimum absolute atomic E-state index is 0.0826. The normalized spacial score (nSPS) is 11.4. The van der Waals surface area contributed by atoms with Gasteiger partial charge in [0.15, 0.2) is 5.69 Å². The van der Waals surface area contributed by atoms with Crippen molar-refractivity contribution in [1.82, 2.24) is 20.5 Å². The molecule has 136 valence electrons. The number of carbonyl (C=O) groups excluding carboxylic acids is 2. The van der Waals surface area contributed by atoms with Crippen molar-refractivity contribution in [3.8, 4) is 0 Å². The van der Waals surface area contributed by atoms with Gasteiger partial charge in [0.1, 0.15) is 0 Å². The van der Waals surface area contributed by atoms with Gasteiger partial charge >= 0.3 is 6.18 Å². The van der Waals surface area contributed by atoms with Crippen LogP contribution in [-0.4, -0.2) is 45.3 Å². The van der Waals surface area contributed by atoms with Gasteiger partial charge in [-0.25, -0.2) is 10.5 Å². The van der Waals surface area contributed by atoms with Gasteiger partial charge in [0, 0.05) is 19.4 Å². The number of carbonyl (C=O) groups is 2. The van der Waals surface area contributed by atoms with E-state index >= 15 is 0 Å². The average molecular weight is 367 g/mol. The summed E-state index contributed by atoms with van der Waals surface area (Å²) in [6.07, 6.45) is -1.56. The summed E-state index contributed by atoms with van der Waals surface area (Å²) in [5.41, 5.74) is -0.180. The molecule has 0 unspecified atom stereocenters. The lowest BCUT2D eigenvalue weighted by atomic mass is 10.1. The van der Waals surface area contributed by atoms with Crippen molar-refractivity contribution in [2.75, 3.05) is 7.05 Å². The van der Waals surface area contributed by atoms with Gasteiger partial charge in [0.2, 0.25) is 0 Å². The van der Waals surface area contributed by atoms with Crippen LogP contribution in [0.4, 0.5) is 13.2 Å². The summed E-state index contributed by atoms with van der Waals surface area (Å²) in [6.45, 7) is 0. The number of nitrogens with zero attached hydrogens (tertiary/aromatic N) is 4. The summed E-state index contributed by atoms with van der Waals surface area (Å²) in [4.78, 5) is 30.4. The zero-order valence-corrected chi connectivity index (χ0v) is 13.2. The molecule has 0 aliphatic heterocycles. The molecule has 2 N–H and O–H groups in total. The molecule has 8 nitrogen and oxygen atoms in total. The van der Waals surface area contributed by atoms with Gasteiger partial charge in [0.05, 0.1) is 23.0 Å². The lowest BCUT2D eigenvalue weighted by Crippen LogP contribution is -2.25. The highest BCUT2D eigenvalue weighted by Gasteiger charge is 2.37. The number of hydrogen-bond donors (Lipinski definition) is 2. The molecule has 2 heterocycles. The maximum Gasteiger partial charge on any atom is 0.434 e. The van der Waals surface area contributed by atoms with Gasteiger partial charge in [-0.05, 0) is 24.3 Å². The van der Waals surface area contributed by atoms with Crippen molar-refractivity contribution >= 4 is 18.0 Å². The van der Waals surface area contributed by atoms with Crippen LogP contribution in [0.2, 0.25) is 0 Å². The largest absolute Gasteiger partial charge is 0.434 e. The van der Waals surface area contributed by atoms with Crippen LogP contribution in [0, 0.1) is 0 Å². The molecule has 0 saturated carbocycles. The number of pyridine rings is 2. The van der Waals surface area contributed by atoms with E-state index in [0.29, 0.717) is 5.01 Å². The highest BCUT2D eigenvalue weighted by molar-refractivity contribution is 5.96. The van der Waals surface area contributed by atoms with Crippen molar-refractivity contribution in [2.24, 2.45) is 5.10 Å². The van der Waals surface area contributed by atoms with Crippen LogP contribution in [0.25, 0.3) is 0 Å². The topological polar surface area (TPSA) is 108 Å². The molecule has 0 atom stereocenters. The maximum absolute atomic E-state index is 12.9. The van der Waals surface area contributed by atoms with Crippen LogP contribution in [-0.2, 0) is 6.18 Å². The van der Waals surface area contributed by atoms with E-state index in [0.717, 1.165) is 24.7 Å². The SMILES string of the molecule is CN(N=Cc1ccc(C(=O)NO)cn1)C(=O)c1cccnc1C(F)(F)F. The molecule has 0 saturated heterocycles. The zero-order chi connectivity index (χ0) is 19.3. The van der Waals surface area contributed by atoms with E-state index in [4.69, 9.17) is 5.21 Å². The van der Waals surface area contributed by atoms with Crippen molar-refractivity contribution in [1.29, 1.82) is 0 Å². The molecular formula is C15H12F3N5O3. The van der Waals surface area contributed by atoms with Crippen LogP contribution in [0.3, 0.4) is 0 Å². The number of hydrazone groups is 1. The van der Waals surface area contributed by atoms with E-state index in [9.17, 15) is 22.8 Å². The minimum atomic E-state index is -4.78. The fraction of sp³-hybridized carbons (Fsp3) is 0.133. The highest BCUT2D eigenvalue weighted by Crippen LogP contribution is 2.30. The third-order valence-electron chi connectivity index (χ3n) is 3.11. The fourth-order valence-electron chi connectivity index (χ4n) is 1.86. The third kappa shape index (κ3) is 4.39. The van der Waals surface area contributed by atoms with Crippen LogP contribution < -0.4 is 5.48 Å². The van der Waals surface area contributed by atoms with Gasteiger partial charge in [-0.3, -0.25) is 24.8 Å². The van der Waals surface area contributed by atoms with Crippen molar-refractivity contribution < 1.29 is 28.0 Å². The van der Waals surface area contributed by atoms with Crippen molar-refractivity contribution in [3.63, 3.8) is 0 Å². The Kier molecular flexibility index (Phi) is 5.62. The van der Waals surface area contributed by atoms with E-state index in [2.05, 4.69) is 15.1 Å². The minimum Gasteiger partial charge on any atom is -0.288 e. The second-order valence-corrected chi connectivity index (χ2v) is 4.88. The maximum atomic E-state index is 12.9. The summed E-state index contributed by atoms with van der Waals surface area (Å²) in [6, 6.07) is 4.93. The first-order valence-electron chi connectivity index (χ1n) is 6.98. The predicted molar refractivity (Wildman–Crippen MR) is 82.4 cm³/mol. The quantitative estimate of drug-likeness (QED) is 0.486. The Balaban J connectivity index is 2.17. The molecule has 0 aromatic carbocycles. The average Bonchev–Trinajstić information content (AvgIpc) is 2.64. The molecule has 11 heteroatoms. The highest BCUT2D eigenvalue weighted by atomic mass is 19.4. The summed E-state index contributed by atoms with van der Waals surface area (Å²) in [5.74, 6) is -1.76. The molecular weight excluding hydrogens is 355 g/mol. The Hall–Kier alpha value is -3.34. The lowest BCUT2D eigenvalue weighted by Gasteiger charge is -2.14. The van der Waals surface area contributed by atoms with Crippen LogP contribution >= 0.6 is 0 Å². The molecule has 2 amide bonds. The fourth-order valence-corrected chi connectivity index (χ4v) is 1.86. The molecule has 2 rings (SSSR count). The number of aromatic nitrogens is 2. The number of alkyl halides is 3. The molecule has 0 bridgehead atoms. The molecule has 2 aromatic heterocycles. The van der Waals surface area contributed by atoms with Gasteiger partial charge < -0.3 is 0 Å². The van der Waals surface area contributed by atoms with Crippen molar-refractivity contribution in [2.45, 2.75) is 6.18 Å². The number of rotatable bonds is 4. The number of hydrogen-bond acceptors (Lipinski definition) is 6. The van der Waals surface area contributed by atoms with E-state index in [-0.39, 0.29) is 11.3 Å². The van der Waals surface area contributed by atoms with E-state index < -0.39 is 29.2 Å². The number of halogens is 3. The Morgan fingerprint density at radius 1 is 1.27 bits per heavy atom. The smallest absolute Gasteiger partial charge is 0.288 e. The first kappa shape index (κ1) is 19.0. The van der Waals surface area contributed by atoms with E-state index in [1.165, 1.54) is 30.7 Å². The van der Waals surface area contributed by atoms with E-state index in [1.807, 2.05) is 0 Å².